The number of nitrogens with zero attached hydrogens (tertiary/aromatic N) is 2. The Balaban J connectivity index is 1.61. The lowest BCUT2D eigenvalue weighted by atomic mass is 10.2. The zero-order valence-electron chi connectivity index (χ0n) is 13.4. The van der Waals surface area contributed by atoms with Crippen molar-refractivity contribution in [2.24, 2.45) is 0 Å². The number of imidazole rings is 1. The summed E-state index contributed by atoms with van der Waals surface area (Å²) in [6.45, 7) is 3.29. The first-order valence-corrected chi connectivity index (χ1v) is 8.79. The summed E-state index contributed by atoms with van der Waals surface area (Å²) in [6.07, 6.45) is 3.46. The number of furan rings is 1. The average molecular weight is 341 g/mol. The number of benzene rings is 1. The summed E-state index contributed by atoms with van der Waals surface area (Å²) in [7, 11) is 0. The topological polar surface area (TPSA) is 60.1 Å². The molecule has 0 saturated heterocycles. The highest BCUT2D eigenvalue weighted by atomic mass is 32.2. The first-order valence-electron chi connectivity index (χ1n) is 7.80. The van der Waals surface area contributed by atoms with Gasteiger partial charge in [-0.15, -0.1) is 0 Å². The van der Waals surface area contributed by atoms with Crippen molar-refractivity contribution in [3.8, 4) is 11.3 Å². The lowest BCUT2D eigenvalue weighted by Gasteiger charge is -2.09. The second kappa shape index (κ2) is 7.88. The SMILES string of the molecule is CCn1c(-c2ccccc2)cnc1SCC(=O)NCc1ccco1. The van der Waals surface area contributed by atoms with Crippen molar-refractivity contribution < 1.29 is 9.21 Å². The number of hydrogen-bond acceptors (Lipinski definition) is 4. The maximum atomic E-state index is 12.0. The Morgan fingerprint density at radius 3 is 2.79 bits per heavy atom. The van der Waals surface area contributed by atoms with Crippen LogP contribution in [0.4, 0.5) is 0 Å². The Hall–Kier alpha value is -2.47. The Morgan fingerprint density at radius 2 is 2.08 bits per heavy atom. The summed E-state index contributed by atoms with van der Waals surface area (Å²) >= 11 is 1.44. The van der Waals surface area contributed by atoms with Gasteiger partial charge in [-0.3, -0.25) is 4.79 Å². The number of carbonyl (C=O) groups excluding carboxylic acids is 1. The molecule has 5 nitrogen and oxygen atoms in total. The van der Waals surface area contributed by atoms with E-state index in [1.807, 2.05) is 30.5 Å². The number of thioether (sulfide) groups is 1. The molecule has 1 N–H and O–H groups in total. The van der Waals surface area contributed by atoms with E-state index in [4.69, 9.17) is 4.42 Å². The van der Waals surface area contributed by atoms with E-state index in [1.165, 1.54) is 11.8 Å². The minimum Gasteiger partial charge on any atom is -0.467 e. The number of aromatic nitrogens is 2. The highest BCUT2D eigenvalue weighted by molar-refractivity contribution is 7.99. The molecule has 3 aromatic rings. The van der Waals surface area contributed by atoms with E-state index in [2.05, 4.69) is 33.9 Å². The first kappa shape index (κ1) is 16.4. The average Bonchev–Trinajstić information content (AvgIpc) is 3.28. The second-order valence-corrected chi connectivity index (χ2v) is 6.12. The van der Waals surface area contributed by atoms with Gasteiger partial charge in [0.2, 0.25) is 5.91 Å². The fourth-order valence-electron chi connectivity index (χ4n) is 2.40. The predicted molar refractivity (Wildman–Crippen MR) is 94.6 cm³/mol. The maximum absolute atomic E-state index is 12.0. The van der Waals surface area contributed by atoms with Crippen LogP contribution in [0.5, 0.6) is 0 Å². The Morgan fingerprint density at radius 1 is 1.25 bits per heavy atom. The van der Waals surface area contributed by atoms with Gasteiger partial charge in [0, 0.05) is 6.54 Å². The third kappa shape index (κ3) is 3.89. The van der Waals surface area contributed by atoms with Crippen molar-refractivity contribution in [3.63, 3.8) is 0 Å². The van der Waals surface area contributed by atoms with Crippen LogP contribution in [0.15, 0.2) is 64.5 Å². The number of rotatable bonds is 7. The molecule has 2 aromatic heterocycles. The van der Waals surface area contributed by atoms with Crippen LogP contribution in [0.25, 0.3) is 11.3 Å². The van der Waals surface area contributed by atoms with Crippen LogP contribution in [-0.4, -0.2) is 21.2 Å². The molecule has 0 aliphatic carbocycles. The van der Waals surface area contributed by atoms with Crippen molar-refractivity contribution in [2.75, 3.05) is 5.75 Å². The molecule has 124 valence electrons. The fourth-order valence-corrected chi connectivity index (χ4v) is 3.27. The van der Waals surface area contributed by atoms with Gasteiger partial charge in [-0.1, -0.05) is 42.1 Å². The van der Waals surface area contributed by atoms with Gasteiger partial charge in [0.15, 0.2) is 5.16 Å². The highest BCUT2D eigenvalue weighted by Gasteiger charge is 2.12. The Bertz CT molecular complexity index is 782. The largest absolute Gasteiger partial charge is 0.467 e. The van der Waals surface area contributed by atoms with Gasteiger partial charge in [-0.2, -0.15) is 0 Å². The van der Waals surface area contributed by atoms with E-state index in [0.717, 1.165) is 28.7 Å². The monoisotopic (exact) mass is 341 g/mol. The molecule has 6 heteroatoms. The normalized spacial score (nSPS) is 10.7. The number of hydrogen-bond donors (Lipinski definition) is 1. The maximum Gasteiger partial charge on any atom is 0.230 e. The van der Waals surface area contributed by atoms with Gasteiger partial charge in [0.1, 0.15) is 5.76 Å². The van der Waals surface area contributed by atoms with Gasteiger partial charge in [-0.25, -0.2) is 4.98 Å². The van der Waals surface area contributed by atoms with Crippen LogP contribution in [0.1, 0.15) is 12.7 Å². The second-order valence-electron chi connectivity index (χ2n) is 5.18. The van der Waals surface area contributed by atoms with Crippen LogP contribution in [0, 0.1) is 0 Å². The van der Waals surface area contributed by atoms with Gasteiger partial charge in [-0.05, 0) is 24.6 Å². The molecule has 0 saturated carbocycles. The molecular weight excluding hydrogens is 322 g/mol. The molecule has 2 heterocycles. The van der Waals surface area contributed by atoms with Crippen molar-refractivity contribution in [1.82, 2.24) is 14.9 Å². The van der Waals surface area contributed by atoms with E-state index >= 15 is 0 Å². The molecule has 0 aliphatic rings. The summed E-state index contributed by atoms with van der Waals surface area (Å²) in [5.41, 5.74) is 2.19. The third-order valence-corrected chi connectivity index (χ3v) is 4.57. The van der Waals surface area contributed by atoms with Gasteiger partial charge >= 0.3 is 0 Å². The van der Waals surface area contributed by atoms with Gasteiger partial charge < -0.3 is 14.3 Å². The lowest BCUT2D eigenvalue weighted by molar-refractivity contribution is -0.118. The standard InChI is InChI=1S/C18H19N3O2S/c1-2-21-16(14-7-4-3-5-8-14)12-20-18(21)24-13-17(22)19-11-15-9-6-10-23-15/h3-10,12H,2,11,13H2,1H3,(H,19,22). The molecule has 0 bridgehead atoms. The number of amides is 1. The minimum atomic E-state index is -0.0386. The molecule has 3 rings (SSSR count). The van der Waals surface area contributed by atoms with Gasteiger partial charge in [0.05, 0.1) is 30.5 Å². The van der Waals surface area contributed by atoms with Crippen LogP contribution >= 0.6 is 11.8 Å². The number of carbonyl (C=O) groups is 1. The zero-order valence-corrected chi connectivity index (χ0v) is 14.3. The Kier molecular flexibility index (Phi) is 5.38. The molecule has 24 heavy (non-hydrogen) atoms. The van der Waals surface area contributed by atoms with Crippen molar-refractivity contribution in [2.45, 2.75) is 25.2 Å². The summed E-state index contributed by atoms with van der Waals surface area (Å²) in [5, 5.41) is 3.69. The molecule has 0 spiro atoms. The van der Waals surface area contributed by atoms with Crippen molar-refractivity contribution >= 4 is 17.7 Å². The quantitative estimate of drug-likeness (QED) is 0.668. The van der Waals surface area contributed by atoms with E-state index in [9.17, 15) is 4.79 Å². The molecule has 0 radical (unpaired) electrons. The Labute approximate surface area is 145 Å². The molecule has 0 atom stereocenters. The zero-order chi connectivity index (χ0) is 16.8. The van der Waals surface area contributed by atoms with Crippen LogP contribution in [0.2, 0.25) is 0 Å². The van der Waals surface area contributed by atoms with Crippen LogP contribution in [0.3, 0.4) is 0 Å². The molecule has 1 amide bonds. The van der Waals surface area contributed by atoms with Gasteiger partial charge in [0.25, 0.3) is 0 Å². The smallest absolute Gasteiger partial charge is 0.230 e. The molecule has 1 aromatic carbocycles. The van der Waals surface area contributed by atoms with Crippen molar-refractivity contribution in [3.05, 3.63) is 60.7 Å². The third-order valence-electron chi connectivity index (χ3n) is 3.58. The number of nitrogens with one attached hydrogen (secondary N) is 1. The highest BCUT2D eigenvalue weighted by Crippen LogP contribution is 2.25. The summed E-state index contributed by atoms with van der Waals surface area (Å²) < 4.78 is 7.32. The summed E-state index contributed by atoms with van der Waals surface area (Å²) in [4.78, 5) is 16.5. The molecule has 0 fully saturated rings. The van der Waals surface area contributed by atoms with E-state index in [1.54, 1.807) is 12.3 Å². The van der Waals surface area contributed by atoms with Crippen molar-refractivity contribution in [1.29, 1.82) is 0 Å². The first-order chi connectivity index (χ1) is 11.8. The van der Waals surface area contributed by atoms with E-state index in [0.29, 0.717) is 12.3 Å². The van der Waals surface area contributed by atoms with E-state index < -0.39 is 0 Å². The fraction of sp³-hybridized carbons (Fsp3) is 0.222. The molecule has 0 aliphatic heterocycles. The molecular formula is C18H19N3O2S. The van der Waals surface area contributed by atoms with Crippen LogP contribution in [-0.2, 0) is 17.9 Å². The lowest BCUT2D eigenvalue weighted by Crippen LogP contribution is -2.24. The van der Waals surface area contributed by atoms with E-state index in [-0.39, 0.29) is 5.91 Å². The molecule has 0 unspecified atom stereocenters. The minimum absolute atomic E-state index is 0.0386. The van der Waals surface area contributed by atoms with Crippen LogP contribution < -0.4 is 5.32 Å². The summed E-state index contributed by atoms with van der Waals surface area (Å²) in [5.74, 6) is 1.03. The summed E-state index contributed by atoms with van der Waals surface area (Å²) in [6, 6.07) is 13.8. The predicted octanol–water partition coefficient (Wildman–Crippen LogP) is 3.57.